The first-order valence-corrected chi connectivity index (χ1v) is 9.00. The van der Waals surface area contributed by atoms with E-state index in [-0.39, 0.29) is 25.2 Å². The highest BCUT2D eigenvalue weighted by Gasteiger charge is 2.24. The molecule has 0 aliphatic carbocycles. The van der Waals surface area contributed by atoms with Crippen molar-refractivity contribution in [1.82, 2.24) is 25.9 Å². The van der Waals surface area contributed by atoms with E-state index in [9.17, 15) is 29.1 Å². The fourth-order valence-electron chi connectivity index (χ4n) is 2.31. The van der Waals surface area contributed by atoms with Gasteiger partial charge >= 0.3 is 23.9 Å². The molecule has 0 fully saturated rings. The third kappa shape index (κ3) is 9.43. The number of hydrogen-bond acceptors (Lipinski definition) is 7. The number of carbonyl (C=O) groups excluding carboxylic acids is 2. The first-order chi connectivity index (χ1) is 14.2. The number of hydrogen-bond donors (Lipinski definition) is 6. The van der Waals surface area contributed by atoms with Gasteiger partial charge in [-0.15, -0.1) is 0 Å². The van der Waals surface area contributed by atoms with E-state index in [0.29, 0.717) is 12.8 Å². The summed E-state index contributed by atoms with van der Waals surface area (Å²) in [5, 5.41) is 33.6. The molecule has 0 aliphatic rings. The second-order valence-corrected chi connectivity index (χ2v) is 6.16. The molecule has 1 aromatic heterocycles. The predicted molar refractivity (Wildman–Crippen MR) is 99.6 cm³/mol. The van der Waals surface area contributed by atoms with Gasteiger partial charge in [0.1, 0.15) is 12.1 Å². The van der Waals surface area contributed by atoms with Crippen molar-refractivity contribution in [2.45, 2.75) is 44.2 Å². The number of rotatable bonds is 13. The molecule has 0 saturated heterocycles. The Morgan fingerprint density at radius 1 is 0.867 bits per heavy atom. The van der Waals surface area contributed by atoms with E-state index in [1.807, 2.05) is 5.32 Å². The van der Waals surface area contributed by atoms with Crippen LogP contribution in [0.1, 0.15) is 42.7 Å². The normalized spacial score (nSPS) is 12.3. The number of aliphatic carboxylic acids is 3. The summed E-state index contributed by atoms with van der Waals surface area (Å²) in [6.45, 7) is 0.242. The second kappa shape index (κ2) is 12.6. The molecule has 164 valence electrons. The lowest BCUT2D eigenvalue weighted by Crippen LogP contribution is -2.51. The molecule has 1 rings (SSSR count). The summed E-state index contributed by atoms with van der Waals surface area (Å²) in [5.74, 6) is -4.43. The number of carbonyl (C=O) groups is 5. The Bertz CT molecular complexity index is 758. The Hall–Kier alpha value is -3.77. The summed E-state index contributed by atoms with van der Waals surface area (Å²) >= 11 is 0. The topological polar surface area (TPSA) is 208 Å². The van der Waals surface area contributed by atoms with Crippen LogP contribution in [-0.4, -0.2) is 73.8 Å². The van der Waals surface area contributed by atoms with Gasteiger partial charge in [0.15, 0.2) is 0 Å². The van der Waals surface area contributed by atoms with Crippen LogP contribution < -0.4 is 16.0 Å². The van der Waals surface area contributed by atoms with E-state index in [2.05, 4.69) is 20.6 Å². The van der Waals surface area contributed by atoms with E-state index in [0.717, 1.165) is 0 Å². The molecule has 6 N–H and O–H groups in total. The minimum Gasteiger partial charge on any atom is -0.481 e. The third-order valence-electron chi connectivity index (χ3n) is 3.83. The van der Waals surface area contributed by atoms with Crippen LogP contribution in [0.5, 0.6) is 0 Å². The lowest BCUT2D eigenvalue weighted by atomic mass is 10.1. The summed E-state index contributed by atoms with van der Waals surface area (Å²) in [5.41, 5.74) is 0. The monoisotopic (exact) mass is 425 g/mol. The molecule has 30 heavy (non-hydrogen) atoms. The van der Waals surface area contributed by atoms with Gasteiger partial charge in [-0.25, -0.2) is 24.4 Å². The van der Waals surface area contributed by atoms with Crippen molar-refractivity contribution < 1.29 is 39.3 Å². The number of nitrogens with zero attached hydrogens (tertiary/aromatic N) is 2. The molecule has 0 saturated carbocycles. The third-order valence-corrected chi connectivity index (χ3v) is 3.83. The lowest BCUT2D eigenvalue weighted by Gasteiger charge is -2.18. The van der Waals surface area contributed by atoms with Crippen LogP contribution >= 0.6 is 0 Å². The van der Waals surface area contributed by atoms with E-state index >= 15 is 0 Å². The predicted octanol–water partition coefficient (Wildman–Crippen LogP) is -0.553. The minimum atomic E-state index is -1.47. The van der Waals surface area contributed by atoms with Crippen LogP contribution in [0.2, 0.25) is 0 Å². The molecule has 0 spiro atoms. The molecule has 0 radical (unpaired) electrons. The number of carboxylic acids is 3. The Kier molecular flexibility index (Phi) is 10.2. The van der Waals surface area contributed by atoms with Gasteiger partial charge in [0.2, 0.25) is 5.82 Å². The number of unbranched alkanes of at least 4 members (excludes halogenated alkanes) is 1. The highest BCUT2D eigenvalue weighted by molar-refractivity contribution is 5.90. The smallest absolute Gasteiger partial charge is 0.326 e. The van der Waals surface area contributed by atoms with Crippen LogP contribution in [0.3, 0.4) is 0 Å². The maximum absolute atomic E-state index is 11.9. The molecule has 0 unspecified atom stereocenters. The molecule has 1 aromatic rings. The van der Waals surface area contributed by atoms with Crippen molar-refractivity contribution in [3.8, 4) is 0 Å². The van der Waals surface area contributed by atoms with Crippen LogP contribution in [0.25, 0.3) is 0 Å². The Morgan fingerprint density at radius 3 is 1.97 bits per heavy atom. The number of aromatic nitrogens is 2. The summed E-state index contributed by atoms with van der Waals surface area (Å²) in [6, 6.07) is -2.22. The fourth-order valence-corrected chi connectivity index (χ4v) is 2.31. The Labute approximate surface area is 170 Å². The van der Waals surface area contributed by atoms with Crippen molar-refractivity contribution in [1.29, 1.82) is 0 Å². The number of amides is 3. The zero-order valence-corrected chi connectivity index (χ0v) is 15.9. The molecule has 13 nitrogen and oxygen atoms in total. The Balaban J connectivity index is 2.39. The zero-order chi connectivity index (χ0) is 22.5. The van der Waals surface area contributed by atoms with E-state index < -0.39 is 48.4 Å². The lowest BCUT2D eigenvalue weighted by molar-refractivity contribution is -0.140. The largest absolute Gasteiger partial charge is 0.481 e. The van der Waals surface area contributed by atoms with Crippen LogP contribution in [0.15, 0.2) is 18.5 Å². The van der Waals surface area contributed by atoms with Crippen LogP contribution in [0, 0.1) is 0 Å². The highest BCUT2D eigenvalue weighted by atomic mass is 16.4. The number of nitrogens with one attached hydrogen (secondary N) is 3. The molecular weight excluding hydrogens is 402 g/mol. The van der Waals surface area contributed by atoms with E-state index in [4.69, 9.17) is 10.2 Å². The standard InChI is InChI=1S/C17H23N5O8/c23-12(24)6-5-11(16(28)29)22-17(30)21-10(15(26)27)4-1-2-7-20-14(25)13-18-8-3-9-19-13/h3,8-11H,1-2,4-7H2,(H,20,25)(H,23,24)(H,26,27)(H,28,29)(H2,21,22,30)/t10-,11-/m0/s1. The molecule has 2 atom stereocenters. The minimum absolute atomic E-state index is 0.00938. The first kappa shape index (κ1) is 24.3. The average molecular weight is 425 g/mol. The molecule has 0 bridgehead atoms. The molecule has 3 amide bonds. The summed E-state index contributed by atoms with van der Waals surface area (Å²) in [4.78, 5) is 64.2. The van der Waals surface area contributed by atoms with Gasteiger partial charge in [-0.05, 0) is 31.7 Å². The van der Waals surface area contributed by atoms with Gasteiger partial charge in [-0.1, -0.05) is 0 Å². The van der Waals surface area contributed by atoms with Crippen molar-refractivity contribution >= 4 is 29.8 Å². The maximum Gasteiger partial charge on any atom is 0.326 e. The van der Waals surface area contributed by atoms with E-state index in [1.54, 1.807) is 6.07 Å². The highest BCUT2D eigenvalue weighted by Crippen LogP contribution is 2.03. The van der Waals surface area contributed by atoms with Gasteiger partial charge < -0.3 is 31.3 Å². The maximum atomic E-state index is 11.9. The zero-order valence-electron chi connectivity index (χ0n) is 15.9. The molecular formula is C17H23N5O8. The van der Waals surface area contributed by atoms with Gasteiger partial charge in [0.25, 0.3) is 5.91 Å². The summed E-state index contributed by atoms with van der Waals surface area (Å²) in [6.07, 6.45) is 2.82. The van der Waals surface area contributed by atoms with E-state index in [1.165, 1.54) is 12.4 Å². The van der Waals surface area contributed by atoms with Gasteiger partial charge in [0.05, 0.1) is 0 Å². The number of urea groups is 1. The summed E-state index contributed by atoms with van der Waals surface area (Å²) in [7, 11) is 0. The molecule has 1 heterocycles. The molecule has 13 heteroatoms. The Morgan fingerprint density at radius 2 is 1.43 bits per heavy atom. The molecule has 0 aliphatic heterocycles. The van der Waals surface area contributed by atoms with Gasteiger partial charge in [-0.3, -0.25) is 9.59 Å². The summed E-state index contributed by atoms with van der Waals surface area (Å²) < 4.78 is 0. The van der Waals surface area contributed by atoms with Crippen LogP contribution in [-0.2, 0) is 14.4 Å². The fraction of sp³-hybridized carbons (Fsp3) is 0.471. The van der Waals surface area contributed by atoms with Gasteiger partial charge in [-0.2, -0.15) is 0 Å². The second-order valence-electron chi connectivity index (χ2n) is 6.16. The van der Waals surface area contributed by atoms with Crippen molar-refractivity contribution in [3.63, 3.8) is 0 Å². The molecule has 0 aromatic carbocycles. The van der Waals surface area contributed by atoms with Gasteiger partial charge in [0, 0.05) is 25.4 Å². The van der Waals surface area contributed by atoms with Crippen molar-refractivity contribution in [2.24, 2.45) is 0 Å². The quantitative estimate of drug-likeness (QED) is 0.222. The number of carboxylic acid groups (broad SMARTS) is 3. The SMILES string of the molecule is O=C(O)CC[C@H](NC(=O)N[C@@H](CCCCNC(=O)c1ncccn1)C(=O)O)C(=O)O. The average Bonchev–Trinajstić information content (AvgIpc) is 2.69. The van der Waals surface area contributed by atoms with Crippen molar-refractivity contribution in [3.05, 3.63) is 24.3 Å². The first-order valence-electron chi connectivity index (χ1n) is 9.00. The van der Waals surface area contributed by atoms with Crippen LogP contribution in [0.4, 0.5) is 4.79 Å². The van der Waals surface area contributed by atoms with Crippen molar-refractivity contribution in [2.75, 3.05) is 6.54 Å².